The molecule has 2 unspecified atom stereocenters. The van der Waals surface area contributed by atoms with E-state index in [2.05, 4.69) is 4.98 Å². The standard InChI is InChI=1S/C26H31F3N2O4/c1-16(26(27,28)29)21-6-5-20(34-2)12-23(21)31-9-7-17(8-10-31)15-35-24-13-22-18(11-25(32)33)3-4-19(22)14-30-24/h5-6,12-14,16-18H,3-4,7-11,15H2,1-2H3,(H,32,33). The van der Waals surface area contributed by atoms with Crippen molar-refractivity contribution in [2.75, 3.05) is 31.7 Å². The Kier molecular flexibility index (Phi) is 7.42. The van der Waals surface area contributed by atoms with Crippen LogP contribution in [0.5, 0.6) is 11.6 Å². The van der Waals surface area contributed by atoms with Gasteiger partial charge >= 0.3 is 12.1 Å². The van der Waals surface area contributed by atoms with Gasteiger partial charge in [0.25, 0.3) is 0 Å². The lowest BCUT2D eigenvalue weighted by Crippen LogP contribution is -2.36. The first-order valence-electron chi connectivity index (χ1n) is 12.0. The van der Waals surface area contributed by atoms with E-state index in [9.17, 15) is 18.0 Å². The number of carbonyl (C=O) groups is 1. The summed E-state index contributed by atoms with van der Waals surface area (Å²) in [5.74, 6) is -1.10. The molecule has 1 fully saturated rings. The topological polar surface area (TPSA) is 71.9 Å². The van der Waals surface area contributed by atoms with E-state index in [-0.39, 0.29) is 23.8 Å². The van der Waals surface area contributed by atoms with Crippen LogP contribution in [0.1, 0.15) is 61.1 Å². The van der Waals surface area contributed by atoms with E-state index in [1.807, 2.05) is 11.0 Å². The number of piperidine rings is 1. The molecule has 2 aromatic rings. The van der Waals surface area contributed by atoms with Crippen molar-refractivity contribution in [3.63, 3.8) is 0 Å². The Balaban J connectivity index is 1.38. The molecule has 2 aliphatic rings. The number of ether oxygens (including phenoxy) is 2. The summed E-state index contributed by atoms with van der Waals surface area (Å²) >= 11 is 0. The minimum atomic E-state index is -4.32. The predicted molar refractivity (Wildman–Crippen MR) is 125 cm³/mol. The van der Waals surface area contributed by atoms with Gasteiger partial charge in [-0.25, -0.2) is 4.98 Å². The van der Waals surface area contributed by atoms with Gasteiger partial charge in [-0.1, -0.05) is 6.07 Å². The van der Waals surface area contributed by atoms with Crippen LogP contribution in [0.3, 0.4) is 0 Å². The molecule has 6 nitrogen and oxygen atoms in total. The summed E-state index contributed by atoms with van der Waals surface area (Å²) in [6.45, 7) is 2.90. The number of aromatic nitrogens is 1. The lowest BCUT2D eigenvalue weighted by molar-refractivity contribution is -0.146. The van der Waals surface area contributed by atoms with E-state index < -0.39 is 18.1 Å². The number of nitrogens with zero attached hydrogens (tertiary/aromatic N) is 2. The number of benzene rings is 1. The fourth-order valence-electron chi connectivity index (χ4n) is 5.07. The number of halogens is 3. The van der Waals surface area contributed by atoms with Crippen LogP contribution in [0.15, 0.2) is 30.5 Å². The molecule has 0 bridgehead atoms. The van der Waals surface area contributed by atoms with Gasteiger partial charge in [-0.05, 0) is 67.2 Å². The van der Waals surface area contributed by atoms with Gasteiger partial charge in [0.2, 0.25) is 5.88 Å². The highest BCUT2D eigenvalue weighted by molar-refractivity contribution is 5.68. The van der Waals surface area contributed by atoms with Gasteiger partial charge in [0.15, 0.2) is 0 Å². The summed E-state index contributed by atoms with van der Waals surface area (Å²) in [5.41, 5.74) is 2.92. The maximum atomic E-state index is 13.5. The number of aliphatic carboxylic acids is 1. The maximum Gasteiger partial charge on any atom is 0.395 e. The summed E-state index contributed by atoms with van der Waals surface area (Å²) < 4.78 is 51.6. The summed E-state index contributed by atoms with van der Waals surface area (Å²) in [4.78, 5) is 17.5. The third-order valence-corrected chi connectivity index (χ3v) is 7.24. The molecule has 0 saturated carbocycles. The van der Waals surface area contributed by atoms with E-state index in [0.717, 1.165) is 36.8 Å². The van der Waals surface area contributed by atoms with Crippen molar-refractivity contribution < 1.29 is 32.5 Å². The number of alkyl halides is 3. The van der Waals surface area contributed by atoms with Crippen molar-refractivity contribution in [2.45, 2.75) is 57.0 Å². The number of hydrogen-bond donors (Lipinski definition) is 1. The summed E-state index contributed by atoms with van der Waals surface area (Å²) in [6.07, 6.45) is 0.771. The second-order valence-corrected chi connectivity index (χ2v) is 9.48. The second kappa shape index (κ2) is 10.3. The Labute approximate surface area is 203 Å². The van der Waals surface area contributed by atoms with Gasteiger partial charge in [0.05, 0.1) is 26.1 Å². The molecular weight excluding hydrogens is 461 g/mol. The first-order chi connectivity index (χ1) is 16.7. The molecular formula is C26H31F3N2O4. The normalized spacial score (nSPS) is 19.3. The van der Waals surface area contributed by atoms with E-state index in [1.54, 1.807) is 18.3 Å². The first kappa shape index (κ1) is 25.1. The number of carboxylic acids is 1. The molecule has 190 valence electrons. The van der Waals surface area contributed by atoms with E-state index in [4.69, 9.17) is 14.6 Å². The maximum absolute atomic E-state index is 13.5. The Bertz CT molecular complexity index is 1050. The Hall–Kier alpha value is -2.97. The van der Waals surface area contributed by atoms with Crippen molar-refractivity contribution >= 4 is 11.7 Å². The third kappa shape index (κ3) is 5.82. The molecule has 2 heterocycles. The van der Waals surface area contributed by atoms with Gasteiger partial charge in [0, 0.05) is 37.1 Å². The minimum Gasteiger partial charge on any atom is -0.497 e. The highest BCUT2D eigenvalue weighted by atomic mass is 19.4. The molecule has 1 N–H and O–H groups in total. The zero-order valence-corrected chi connectivity index (χ0v) is 20.0. The number of methoxy groups -OCH3 is 1. The molecule has 1 saturated heterocycles. The Morgan fingerprint density at radius 1 is 1.23 bits per heavy atom. The molecule has 1 aliphatic carbocycles. The van der Waals surface area contributed by atoms with Crippen LogP contribution in [0.4, 0.5) is 18.9 Å². The van der Waals surface area contributed by atoms with Gasteiger partial charge in [-0.3, -0.25) is 4.79 Å². The molecule has 0 amide bonds. The zero-order chi connectivity index (χ0) is 25.2. The Morgan fingerprint density at radius 3 is 2.63 bits per heavy atom. The average Bonchev–Trinajstić information content (AvgIpc) is 3.23. The number of fused-ring (bicyclic) bond motifs is 1. The molecule has 9 heteroatoms. The van der Waals surface area contributed by atoms with Crippen LogP contribution in [-0.4, -0.2) is 49.0 Å². The van der Waals surface area contributed by atoms with Crippen LogP contribution in [0, 0.1) is 5.92 Å². The van der Waals surface area contributed by atoms with Crippen molar-refractivity contribution in [1.29, 1.82) is 0 Å². The molecule has 0 radical (unpaired) electrons. The highest BCUT2D eigenvalue weighted by Gasteiger charge is 2.39. The van der Waals surface area contributed by atoms with Crippen LogP contribution in [0.2, 0.25) is 0 Å². The monoisotopic (exact) mass is 492 g/mol. The molecule has 1 aromatic heterocycles. The summed E-state index contributed by atoms with van der Waals surface area (Å²) in [6, 6.07) is 6.65. The number of hydrogen-bond acceptors (Lipinski definition) is 5. The molecule has 2 atom stereocenters. The second-order valence-electron chi connectivity index (χ2n) is 9.48. The van der Waals surface area contributed by atoms with Crippen molar-refractivity contribution in [3.05, 3.63) is 47.2 Å². The number of aryl methyl sites for hydroxylation is 1. The van der Waals surface area contributed by atoms with E-state index >= 15 is 0 Å². The van der Waals surface area contributed by atoms with Gasteiger partial charge in [-0.2, -0.15) is 13.2 Å². The summed E-state index contributed by atoms with van der Waals surface area (Å²) in [5, 5.41) is 9.15. The minimum absolute atomic E-state index is 0.00719. The SMILES string of the molecule is COc1ccc(C(C)C(F)(F)F)c(N2CCC(COc3cc4c(cn3)CCC4CC(=O)O)CC2)c1. The van der Waals surface area contributed by atoms with Gasteiger partial charge in [-0.15, -0.1) is 0 Å². The van der Waals surface area contributed by atoms with Gasteiger partial charge in [0.1, 0.15) is 5.75 Å². The molecule has 1 aromatic carbocycles. The smallest absolute Gasteiger partial charge is 0.395 e. The fraction of sp³-hybridized carbons (Fsp3) is 0.538. The predicted octanol–water partition coefficient (Wildman–Crippen LogP) is 5.56. The van der Waals surface area contributed by atoms with Crippen molar-refractivity contribution in [2.24, 2.45) is 5.92 Å². The number of carboxylic acid groups (broad SMARTS) is 1. The lowest BCUT2D eigenvalue weighted by atomic mass is 9.93. The first-order valence-corrected chi connectivity index (χ1v) is 12.0. The quantitative estimate of drug-likeness (QED) is 0.521. The average molecular weight is 493 g/mol. The number of anilines is 1. The summed E-state index contributed by atoms with van der Waals surface area (Å²) in [7, 11) is 1.51. The van der Waals surface area contributed by atoms with E-state index in [0.29, 0.717) is 37.0 Å². The molecule has 0 spiro atoms. The number of pyridine rings is 1. The van der Waals surface area contributed by atoms with Crippen LogP contribution in [-0.2, 0) is 11.2 Å². The third-order valence-electron chi connectivity index (χ3n) is 7.24. The lowest BCUT2D eigenvalue weighted by Gasteiger charge is -2.35. The van der Waals surface area contributed by atoms with Crippen LogP contribution in [0.25, 0.3) is 0 Å². The zero-order valence-electron chi connectivity index (χ0n) is 20.0. The largest absolute Gasteiger partial charge is 0.497 e. The molecule has 4 rings (SSSR count). The van der Waals surface area contributed by atoms with E-state index in [1.165, 1.54) is 20.1 Å². The fourth-order valence-corrected chi connectivity index (χ4v) is 5.07. The highest BCUT2D eigenvalue weighted by Crippen LogP contribution is 2.41. The Morgan fingerprint density at radius 2 is 1.97 bits per heavy atom. The van der Waals surface area contributed by atoms with Crippen molar-refractivity contribution in [1.82, 2.24) is 4.98 Å². The van der Waals surface area contributed by atoms with Crippen molar-refractivity contribution in [3.8, 4) is 11.6 Å². The molecule has 35 heavy (non-hydrogen) atoms. The van der Waals surface area contributed by atoms with Crippen LogP contribution >= 0.6 is 0 Å². The number of rotatable bonds is 8. The molecule has 1 aliphatic heterocycles. The van der Waals surface area contributed by atoms with Crippen LogP contribution < -0.4 is 14.4 Å². The van der Waals surface area contributed by atoms with Gasteiger partial charge < -0.3 is 19.5 Å².